The summed E-state index contributed by atoms with van der Waals surface area (Å²) < 4.78 is 8.51. The molecule has 0 saturated heterocycles. The van der Waals surface area contributed by atoms with Gasteiger partial charge in [-0.25, -0.2) is 0 Å². The Morgan fingerprint density at radius 2 is 1.95 bits per heavy atom. The van der Waals surface area contributed by atoms with E-state index in [1.807, 2.05) is 6.07 Å². The van der Waals surface area contributed by atoms with Gasteiger partial charge in [0.15, 0.2) is 0 Å². The zero-order valence-corrected chi connectivity index (χ0v) is 13.4. The lowest BCUT2D eigenvalue weighted by atomic mass is 10.2. The van der Waals surface area contributed by atoms with E-state index in [0.29, 0.717) is 6.54 Å². The Balaban J connectivity index is 2.03. The Morgan fingerprint density at radius 3 is 2.67 bits per heavy atom. The smallest absolute Gasteiger partial charge is 0.133 e. The second-order valence-corrected chi connectivity index (χ2v) is 5.81. The number of hydrogen-bond acceptors (Lipinski definition) is 2. The second kappa shape index (κ2) is 5.92. The van der Waals surface area contributed by atoms with Crippen molar-refractivity contribution in [2.75, 3.05) is 7.11 Å². The molecule has 3 rings (SSSR count). The summed E-state index contributed by atoms with van der Waals surface area (Å²) in [6.07, 6.45) is 0. The highest BCUT2D eigenvalue weighted by Crippen LogP contribution is 2.27. The first-order valence-electron chi connectivity index (χ1n) is 6.82. The fourth-order valence-corrected chi connectivity index (χ4v) is 3.20. The summed E-state index contributed by atoms with van der Waals surface area (Å²) in [6, 6.07) is 16.7. The van der Waals surface area contributed by atoms with Crippen molar-refractivity contribution >= 4 is 26.8 Å². The fourth-order valence-electron chi connectivity index (χ4n) is 2.61. The van der Waals surface area contributed by atoms with Crippen molar-refractivity contribution in [3.05, 3.63) is 64.3 Å². The van der Waals surface area contributed by atoms with Gasteiger partial charge in [-0.3, -0.25) is 0 Å². The average molecular weight is 345 g/mol. The second-order valence-electron chi connectivity index (χ2n) is 4.95. The van der Waals surface area contributed by atoms with Crippen LogP contribution >= 0.6 is 15.9 Å². The minimum absolute atomic E-state index is 0.534. The number of rotatable bonds is 4. The fraction of sp³-hybridized carbons (Fsp3) is 0.176. The number of fused-ring (bicyclic) bond motifs is 1. The van der Waals surface area contributed by atoms with Crippen LogP contribution in [0.5, 0.6) is 5.75 Å². The topological polar surface area (TPSA) is 40.2 Å². The van der Waals surface area contributed by atoms with Gasteiger partial charge in [0, 0.05) is 24.3 Å². The number of methoxy groups -OCH3 is 1. The van der Waals surface area contributed by atoms with E-state index < -0.39 is 0 Å². The standard InChI is InChI=1S/C17H17BrN2O/c1-21-17-7-6-12(8-15(17)18)11-20-14(10-19)9-13-4-2-3-5-16(13)20/h2-9H,10-11,19H2,1H3. The van der Waals surface area contributed by atoms with Crippen LogP contribution in [0.15, 0.2) is 53.0 Å². The molecule has 2 N–H and O–H groups in total. The average Bonchev–Trinajstić information content (AvgIpc) is 2.86. The molecule has 4 heteroatoms. The quantitative estimate of drug-likeness (QED) is 0.779. The summed E-state index contributed by atoms with van der Waals surface area (Å²) in [5, 5.41) is 1.23. The Morgan fingerprint density at radius 1 is 1.14 bits per heavy atom. The normalized spacial score (nSPS) is 11.0. The number of nitrogens with zero attached hydrogens (tertiary/aromatic N) is 1. The SMILES string of the molecule is COc1ccc(Cn2c(CN)cc3ccccc32)cc1Br. The molecule has 0 radical (unpaired) electrons. The largest absolute Gasteiger partial charge is 0.496 e. The molecule has 108 valence electrons. The van der Waals surface area contributed by atoms with Crippen molar-refractivity contribution in [3.63, 3.8) is 0 Å². The van der Waals surface area contributed by atoms with Crippen LogP contribution in [0, 0.1) is 0 Å². The number of benzene rings is 2. The maximum Gasteiger partial charge on any atom is 0.133 e. The molecule has 3 nitrogen and oxygen atoms in total. The van der Waals surface area contributed by atoms with Crippen LogP contribution in [-0.2, 0) is 13.1 Å². The highest BCUT2D eigenvalue weighted by molar-refractivity contribution is 9.10. The molecule has 0 aliphatic rings. The Bertz CT molecular complexity index is 780. The van der Waals surface area contributed by atoms with Crippen LogP contribution in [0.3, 0.4) is 0 Å². The van der Waals surface area contributed by atoms with Crippen molar-refractivity contribution in [2.24, 2.45) is 5.73 Å². The van der Waals surface area contributed by atoms with E-state index in [0.717, 1.165) is 22.5 Å². The van der Waals surface area contributed by atoms with E-state index in [2.05, 4.69) is 63.0 Å². The van der Waals surface area contributed by atoms with Crippen LogP contribution in [-0.4, -0.2) is 11.7 Å². The molecule has 0 spiro atoms. The van der Waals surface area contributed by atoms with Crippen molar-refractivity contribution in [2.45, 2.75) is 13.1 Å². The van der Waals surface area contributed by atoms with Crippen LogP contribution in [0.4, 0.5) is 0 Å². The van der Waals surface area contributed by atoms with Gasteiger partial charge in [-0.05, 0) is 51.1 Å². The maximum absolute atomic E-state index is 5.89. The van der Waals surface area contributed by atoms with Crippen molar-refractivity contribution in [1.82, 2.24) is 4.57 Å². The molecule has 0 aliphatic heterocycles. The van der Waals surface area contributed by atoms with Gasteiger partial charge in [-0.2, -0.15) is 0 Å². The van der Waals surface area contributed by atoms with E-state index in [9.17, 15) is 0 Å². The molecule has 0 unspecified atom stereocenters. The molecule has 1 heterocycles. The van der Waals surface area contributed by atoms with Crippen molar-refractivity contribution in [3.8, 4) is 5.75 Å². The third-order valence-corrected chi connectivity index (χ3v) is 4.28. The monoisotopic (exact) mass is 344 g/mol. The Labute approximate surface area is 132 Å². The van der Waals surface area contributed by atoms with E-state index in [1.165, 1.54) is 16.5 Å². The molecule has 2 aromatic carbocycles. The van der Waals surface area contributed by atoms with Crippen molar-refractivity contribution in [1.29, 1.82) is 0 Å². The molecule has 0 atom stereocenters. The van der Waals surface area contributed by atoms with Gasteiger partial charge >= 0.3 is 0 Å². The van der Waals surface area contributed by atoms with Crippen LogP contribution in [0.25, 0.3) is 10.9 Å². The van der Waals surface area contributed by atoms with Gasteiger partial charge in [0.05, 0.1) is 11.6 Å². The van der Waals surface area contributed by atoms with Gasteiger partial charge in [0.25, 0.3) is 0 Å². The number of ether oxygens (including phenoxy) is 1. The van der Waals surface area contributed by atoms with Gasteiger partial charge in [-0.1, -0.05) is 24.3 Å². The minimum atomic E-state index is 0.534. The number of hydrogen-bond donors (Lipinski definition) is 1. The van der Waals surface area contributed by atoms with Crippen LogP contribution < -0.4 is 10.5 Å². The molecule has 0 fully saturated rings. The molecular weight excluding hydrogens is 328 g/mol. The lowest BCUT2D eigenvalue weighted by Gasteiger charge is -2.11. The van der Waals surface area contributed by atoms with Gasteiger partial charge in [0.2, 0.25) is 0 Å². The summed E-state index contributed by atoms with van der Waals surface area (Å²) >= 11 is 3.54. The summed E-state index contributed by atoms with van der Waals surface area (Å²) in [6.45, 7) is 1.33. The number of nitrogens with two attached hydrogens (primary N) is 1. The number of para-hydroxylation sites is 1. The van der Waals surface area contributed by atoms with E-state index in [1.54, 1.807) is 7.11 Å². The highest BCUT2D eigenvalue weighted by atomic mass is 79.9. The Kier molecular flexibility index (Phi) is 3.99. The minimum Gasteiger partial charge on any atom is -0.496 e. The third-order valence-electron chi connectivity index (χ3n) is 3.66. The predicted octanol–water partition coefficient (Wildman–Crippen LogP) is 3.92. The molecule has 3 aromatic rings. The van der Waals surface area contributed by atoms with Crippen molar-refractivity contribution < 1.29 is 4.74 Å². The summed E-state index contributed by atoms with van der Waals surface area (Å²) in [5.74, 6) is 0.843. The predicted molar refractivity (Wildman–Crippen MR) is 89.6 cm³/mol. The summed E-state index contributed by atoms with van der Waals surface area (Å²) in [4.78, 5) is 0. The summed E-state index contributed by atoms with van der Waals surface area (Å²) in [7, 11) is 1.67. The first-order valence-corrected chi connectivity index (χ1v) is 7.62. The third kappa shape index (κ3) is 2.69. The maximum atomic E-state index is 5.89. The van der Waals surface area contributed by atoms with Crippen LogP contribution in [0.1, 0.15) is 11.3 Å². The number of aromatic nitrogens is 1. The zero-order chi connectivity index (χ0) is 14.8. The number of halogens is 1. The molecule has 1 aromatic heterocycles. The lowest BCUT2D eigenvalue weighted by Crippen LogP contribution is -2.08. The first-order chi connectivity index (χ1) is 10.2. The zero-order valence-electron chi connectivity index (χ0n) is 11.8. The van der Waals surface area contributed by atoms with Crippen LogP contribution in [0.2, 0.25) is 0 Å². The van der Waals surface area contributed by atoms with E-state index >= 15 is 0 Å². The van der Waals surface area contributed by atoms with Gasteiger partial charge < -0.3 is 15.0 Å². The van der Waals surface area contributed by atoms with E-state index in [4.69, 9.17) is 10.5 Å². The molecule has 0 bridgehead atoms. The lowest BCUT2D eigenvalue weighted by molar-refractivity contribution is 0.412. The molecule has 21 heavy (non-hydrogen) atoms. The molecular formula is C17H17BrN2O. The van der Waals surface area contributed by atoms with E-state index in [-0.39, 0.29) is 0 Å². The molecule has 0 saturated carbocycles. The molecule has 0 amide bonds. The van der Waals surface area contributed by atoms with Gasteiger partial charge in [-0.15, -0.1) is 0 Å². The summed E-state index contributed by atoms with van der Waals surface area (Å²) in [5.41, 5.74) is 9.46. The van der Waals surface area contributed by atoms with Gasteiger partial charge in [0.1, 0.15) is 5.75 Å². The first kappa shape index (κ1) is 14.2. The highest BCUT2D eigenvalue weighted by Gasteiger charge is 2.09. The Hall–Kier alpha value is -1.78. The molecule has 0 aliphatic carbocycles.